The smallest absolute Gasteiger partial charge is 0.321 e. The molecule has 1 N–H and O–H groups in total. The highest BCUT2D eigenvalue weighted by Crippen LogP contribution is 2.19. The summed E-state index contributed by atoms with van der Waals surface area (Å²) < 4.78 is 5.77. The molecule has 0 atom stereocenters. The molecule has 2 amide bonds. The number of urea groups is 1. The van der Waals surface area contributed by atoms with Gasteiger partial charge in [-0.15, -0.1) is 0 Å². The minimum atomic E-state index is -0.0160. The number of carbonyl (C=O) groups excluding carboxylic acids is 1. The molecule has 5 nitrogen and oxygen atoms in total. The van der Waals surface area contributed by atoms with Gasteiger partial charge in [0.05, 0.1) is 6.61 Å². The Labute approximate surface area is 152 Å². The zero-order valence-corrected chi connectivity index (χ0v) is 16.0. The van der Waals surface area contributed by atoms with Crippen LogP contribution in [0.5, 0.6) is 5.75 Å². The third-order valence-corrected chi connectivity index (χ3v) is 4.46. The highest BCUT2D eigenvalue weighted by atomic mass is 16.5. The fourth-order valence-electron chi connectivity index (χ4n) is 2.99. The molecular formula is C20H33N3O2. The monoisotopic (exact) mass is 347 g/mol. The van der Waals surface area contributed by atoms with E-state index in [1.54, 1.807) is 0 Å². The Balaban J connectivity index is 1.85. The van der Waals surface area contributed by atoms with Gasteiger partial charge in [0.25, 0.3) is 0 Å². The van der Waals surface area contributed by atoms with E-state index in [0.29, 0.717) is 12.5 Å². The van der Waals surface area contributed by atoms with Crippen molar-refractivity contribution in [2.75, 3.05) is 44.6 Å². The van der Waals surface area contributed by atoms with Gasteiger partial charge in [-0.1, -0.05) is 26.8 Å². The Hall–Kier alpha value is -1.75. The summed E-state index contributed by atoms with van der Waals surface area (Å²) in [7, 11) is 0. The maximum Gasteiger partial charge on any atom is 0.321 e. The van der Waals surface area contributed by atoms with Gasteiger partial charge in [-0.2, -0.15) is 0 Å². The van der Waals surface area contributed by atoms with Crippen LogP contribution in [-0.4, -0.2) is 55.2 Å². The number of hydrogen-bond donors (Lipinski definition) is 1. The third kappa shape index (κ3) is 6.94. The molecule has 2 rings (SSSR count). The predicted octanol–water partition coefficient (Wildman–Crippen LogP) is 4.06. The van der Waals surface area contributed by atoms with Crippen LogP contribution in [0, 0.1) is 5.92 Å². The Bertz CT molecular complexity index is 533. The van der Waals surface area contributed by atoms with Crippen LogP contribution in [0.2, 0.25) is 0 Å². The predicted molar refractivity (Wildman–Crippen MR) is 103 cm³/mol. The molecule has 1 aromatic carbocycles. The molecule has 0 saturated carbocycles. The van der Waals surface area contributed by atoms with Crippen molar-refractivity contribution in [1.29, 1.82) is 0 Å². The largest absolute Gasteiger partial charge is 0.494 e. The van der Waals surface area contributed by atoms with Crippen molar-refractivity contribution in [1.82, 2.24) is 9.80 Å². The topological polar surface area (TPSA) is 44.8 Å². The van der Waals surface area contributed by atoms with E-state index in [0.717, 1.165) is 63.4 Å². The molecule has 1 fully saturated rings. The molecule has 5 heteroatoms. The minimum Gasteiger partial charge on any atom is -0.494 e. The van der Waals surface area contributed by atoms with Crippen molar-refractivity contribution < 1.29 is 9.53 Å². The summed E-state index contributed by atoms with van der Waals surface area (Å²) in [5, 5.41) is 3.01. The van der Waals surface area contributed by atoms with Crippen LogP contribution in [-0.2, 0) is 0 Å². The van der Waals surface area contributed by atoms with E-state index in [2.05, 4.69) is 31.0 Å². The maximum atomic E-state index is 12.6. The lowest BCUT2D eigenvalue weighted by molar-refractivity contribution is 0.211. The molecule has 1 heterocycles. The van der Waals surface area contributed by atoms with Crippen LogP contribution in [0.4, 0.5) is 10.5 Å². The normalized spacial score (nSPS) is 15.9. The van der Waals surface area contributed by atoms with E-state index in [9.17, 15) is 4.79 Å². The summed E-state index contributed by atoms with van der Waals surface area (Å²) >= 11 is 0. The lowest BCUT2D eigenvalue weighted by Crippen LogP contribution is -2.38. The van der Waals surface area contributed by atoms with Gasteiger partial charge >= 0.3 is 6.03 Å². The summed E-state index contributed by atoms with van der Waals surface area (Å²) in [4.78, 5) is 16.9. The lowest BCUT2D eigenvalue weighted by Gasteiger charge is -2.22. The van der Waals surface area contributed by atoms with E-state index in [4.69, 9.17) is 4.74 Å². The van der Waals surface area contributed by atoms with Crippen molar-refractivity contribution in [2.45, 2.75) is 40.0 Å². The van der Waals surface area contributed by atoms with Gasteiger partial charge < -0.3 is 19.9 Å². The van der Waals surface area contributed by atoms with Crippen LogP contribution in [0.3, 0.4) is 0 Å². The molecule has 0 aromatic heterocycles. The Morgan fingerprint density at radius 1 is 1.24 bits per heavy atom. The first-order valence-corrected chi connectivity index (χ1v) is 9.59. The number of benzene rings is 1. The van der Waals surface area contributed by atoms with Gasteiger partial charge in [-0.25, -0.2) is 4.79 Å². The fraction of sp³-hybridized carbons (Fsp3) is 0.650. The van der Waals surface area contributed by atoms with Crippen molar-refractivity contribution >= 4 is 11.7 Å². The van der Waals surface area contributed by atoms with Gasteiger partial charge in [-0.3, -0.25) is 0 Å². The molecule has 25 heavy (non-hydrogen) atoms. The molecule has 0 unspecified atom stereocenters. The summed E-state index contributed by atoms with van der Waals surface area (Å²) in [6, 6.07) is 7.65. The number of ether oxygens (including phenoxy) is 1. The van der Waals surface area contributed by atoms with Crippen LogP contribution < -0.4 is 10.1 Å². The van der Waals surface area contributed by atoms with Crippen LogP contribution in [0.25, 0.3) is 0 Å². The van der Waals surface area contributed by atoms with Gasteiger partial charge in [0.15, 0.2) is 0 Å². The van der Waals surface area contributed by atoms with Gasteiger partial charge in [0, 0.05) is 31.4 Å². The van der Waals surface area contributed by atoms with Crippen molar-refractivity contribution in [2.24, 2.45) is 5.92 Å². The van der Waals surface area contributed by atoms with E-state index < -0.39 is 0 Å². The third-order valence-electron chi connectivity index (χ3n) is 4.46. The first kappa shape index (κ1) is 19.6. The highest BCUT2D eigenvalue weighted by Gasteiger charge is 2.18. The highest BCUT2D eigenvalue weighted by molar-refractivity contribution is 5.89. The van der Waals surface area contributed by atoms with Gasteiger partial charge in [0.2, 0.25) is 0 Å². The van der Waals surface area contributed by atoms with Crippen LogP contribution in [0.15, 0.2) is 24.3 Å². The number of rotatable bonds is 7. The molecule has 0 aliphatic carbocycles. The van der Waals surface area contributed by atoms with Gasteiger partial charge in [0.1, 0.15) is 5.75 Å². The molecule has 1 aliphatic rings. The quantitative estimate of drug-likeness (QED) is 0.809. The Morgan fingerprint density at radius 3 is 2.84 bits per heavy atom. The van der Waals surface area contributed by atoms with Gasteiger partial charge in [-0.05, 0) is 50.4 Å². The Morgan fingerprint density at radius 2 is 2.08 bits per heavy atom. The van der Waals surface area contributed by atoms with Crippen molar-refractivity contribution in [3.05, 3.63) is 24.3 Å². The summed E-state index contributed by atoms with van der Waals surface area (Å²) in [6.07, 6.45) is 3.22. The lowest BCUT2D eigenvalue weighted by atomic mass is 10.1. The average molecular weight is 348 g/mol. The summed E-state index contributed by atoms with van der Waals surface area (Å²) in [6.45, 7) is 12.0. The van der Waals surface area contributed by atoms with E-state index >= 15 is 0 Å². The van der Waals surface area contributed by atoms with Crippen LogP contribution in [0.1, 0.15) is 40.0 Å². The fourth-order valence-corrected chi connectivity index (χ4v) is 2.99. The zero-order chi connectivity index (χ0) is 18.1. The number of anilines is 1. The molecule has 1 aromatic rings. The number of amides is 2. The molecule has 1 aliphatic heterocycles. The zero-order valence-electron chi connectivity index (χ0n) is 16.0. The molecule has 140 valence electrons. The number of hydrogen-bond acceptors (Lipinski definition) is 3. The summed E-state index contributed by atoms with van der Waals surface area (Å²) in [5.41, 5.74) is 0.793. The van der Waals surface area contributed by atoms with Crippen molar-refractivity contribution in [3.8, 4) is 5.75 Å². The van der Waals surface area contributed by atoms with Crippen LogP contribution >= 0.6 is 0 Å². The molecule has 1 saturated heterocycles. The second-order valence-electron chi connectivity index (χ2n) is 7.17. The SMILES string of the molecule is CCCN1CCCN(C(=O)Nc2cccc(OCCC(C)C)c2)CC1. The summed E-state index contributed by atoms with van der Waals surface area (Å²) in [5.74, 6) is 1.43. The average Bonchev–Trinajstić information content (AvgIpc) is 2.81. The molecular weight excluding hydrogens is 314 g/mol. The van der Waals surface area contributed by atoms with Crippen molar-refractivity contribution in [3.63, 3.8) is 0 Å². The number of carbonyl (C=O) groups is 1. The second kappa shape index (κ2) is 10.3. The molecule has 0 radical (unpaired) electrons. The second-order valence-corrected chi connectivity index (χ2v) is 7.17. The molecule has 0 bridgehead atoms. The maximum absolute atomic E-state index is 12.6. The van der Waals surface area contributed by atoms with E-state index in [-0.39, 0.29) is 6.03 Å². The number of nitrogens with zero attached hydrogens (tertiary/aromatic N) is 2. The molecule has 0 spiro atoms. The standard InChI is InChI=1S/C20H33N3O2/c1-4-10-22-11-6-12-23(14-13-22)20(24)21-18-7-5-8-19(16-18)25-15-9-17(2)3/h5,7-8,16-17H,4,6,9-15H2,1-3H3,(H,21,24). The number of nitrogens with one attached hydrogen (secondary N) is 1. The first-order chi connectivity index (χ1) is 12.1. The minimum absolute atomic E-state index is 0.0160. The first-order valence-electron chi connectivity index (χ1n) is 9.59. The van der Waals surface area contributed by atoms with E-state index in [1.165, 1.54) is 0 Å². The Kier molecular flexibility index (Phi) is 8.06. The van der Waals surface area contributed by atoms with E-state index in [1.807, 2.05) is 29.2 Å².